The molecule has 20 heavy (non-hydrogen) atoms. The van der Waals surface area contributed by atoms with Gasteiger partial charge < -0.3 is 5.73 Å². The van der Waals surface area contributed by atoms with Crippen molar-refractivity contribution in [2.45, 2.75) is 32.9 Å². The molecule has 0 saturated heterocycles. The van der Waals surface area contributed by atoms with E-state index in [0.717, 1.165) is 11.1 Å². The number of hydrogen-bond acceptors (Lipinski definition) is 3. The lowest BCUT2D eigenvalue weighted by atomic mass is 10.1. The maximum Gasteiger partial charge on any atom is 0.277 e. The molecular weight excluding hydrogens is 274 g/mol. The average Bonchev–Trinajstić information content (AvgIpc) is 2.34. The summed E-state index contributed by atoms with van der Waals surface area (Å²) in [6, 6.07) is 6.93. The Labute approximate surface area is 121 Å². The van der Waals surface area contributed by atoms with E-state index < -0.39 is 10.2 Å². The van der Waals surface area contributed by atoms with Crippen LogP contribution in [0.15, 0.2) is 24.3 Å². The number of benzene rings is 1. The smallest absolute Gasteiger partial charge is 0.277 e. The monoisotopic (exact) mass is 295 g/mol. The quantitative estimate of drug-likeness (QED) is 0.705. The topological polar surface area (TPSA) is 84.2 Å². The van der Waals surface area contributed by atoms with Crippen LogP contribution in [0.5, 0.6) is 0 Å². The van der Waals surface area contributed by atoms with Gasteiger partial charge in [0.05, 0.1) is 6.54 Å². The summed E-state index contributed by atoms with van der Waals surface area (Å²) < 4.78 is 28.6. The summed E-state index contributed by atoms with van der Waals surface area (Å²) in [6.07, 6.45) is 0. The molecule has 4 N–H and O–H groups in total. The molecule has 6 heteroatoms. The van der Waals surface area contributed by atoms with Crippen molar-refractivity contribution < 1.29 is 8.42 Å². The van der Waals surface area contributed by atoms with Gasteiger partial charge in [-0.25, -0.2) is 0 Å². The van der Waals surface area contributed by atoms with E-state index in [1.54, 1.807) is 20.8 Å². The lowest BCUT2D eigenvalue weighted by molar-refractivity contribution is 0.541. The van der Waals surface area contributed by atoms with Crippen molar-refractivity contribution in [1.82, 2.24) is 9.44 Å². The van der Waals surface area contributed by atoms with Crippen LogP contribution >= 0.6 is 0 Å². The first-order valence-corrected chi connectivity index (χ1v) is 7.91. The van der Waals surface area contributed by atoms with E-state index in [-0.39, 0.29) is 12.1 Å². The van der Waals surface area contributed by atoms with Crippen molar-refractivity contribution in [3.8, 4) is 11.8 Å². The van der Waals surface area contributed by atoms with Gasteiger partial charge >= 0.3 is 0 Å². The minimum absolute atomic E-state index is 0.145. The van der Waals surface area contributed by atoms with E-state index in [9.17, 15) is 8.42 Å². The largest absolute Gasteiger partial charge is 0.320 e. The van der Waals surface area contributed by atoms with Gasteiger partial charge in [-0.05, 0) is 38.5 Å². The molecule has 0 amide bonds. The Morgan fingerprint density at radius 2 is 1.75 bits per heavy atom. The molecule has 1 atom stereocenters. The van der Waals surface area contributed by atoms with E-state index in [0.29, 0.717) is 6.54 Å². The van der Waals surface area contributed by atoms with Crippen molar-refractivity contribution in [2.24, 2.45) is 5.73 Å². The van der Waals surface area contributed by atoms with Gasteiger partial charge in [-0.15, -0.1) is 0 Å². The molecule has 5 nitrogen and oxygen atoms in total. The molecule has 110 valence electrons. The van der Waals surface area contributed by atoms with Crippen LogP contribution in [-0.2, 0) is 10.2 Å². The second kappa shape index (κ2) is 7.41. The fourth-order valence-corrected chi connectivity index (χ4v) is 2.94. The van der Waals surface area contributed by atoms with E-state index in [1.165, 1.54) is 0 Å². The highest BCUT2D eigenvalue weighted by Crippen LogP contribution is 2.13. The first-order chi connectivity index (χ1) is 9.34. The molecule has 0 spiro atoms. The Morgan fingerprint density at radius 1 is 1.15 bits per heavy atom. The van der Waals surface area contributed by atoms with Crippen LogP contribution in [0, 0.1) is 11.8 Å². The van der Waals surface area contributed by atoms with Crippen LogP contribution in [0.25, 0.3) is 0 Å². The maximum atomic E-state index is 11.8. The van der Waals surface area contributed by atoms with E-state index in [1.807, 2.05) is 24.3 Å². The number of nitrogens with one attached hydrogen (secondary N) is 2. The lowest BCUT2D eigenvalue weighted by Gasteiger charge is -2.16. The Kier molecular flexibility index (Phi) is 6.17. The van der Waals surface area contributed by atoms with Crippen LogP contribution in [0.4, 0.5) is 0 Å². The van der Waals surface area contributed by atoms with Gasteiger partial charge in [-0.2, -0.15) is 17.9 Å². The van der Waals surface area contributed by atoms with Crippen LogP contribution in [-0.4, -0.2) is 21.0 Å². The molecule has 0 aliphatic heterocycles. The van der Waals surface area contributed by atoms with Gasteiger partial charge in [-0.1, -0.05) is 24.0 Å². The van der Waals surface area contributed by atoms with Crippen molar-refractivity contribution >= 4 is 10.2 Å². The predicted octanol–water partition coefficient (Wildman–Crippen LogP) is 0.890. The number of hydrogen-bond donors (Lipinski definition) is 3. The second-order valence-electron chi connectivity index (χ2n) is 4.74. The molecule has 0 radical (unpaired) electrons. The third-order valence-electron chi connectivity index (χ3n) is 2.47. The van der Waals surface area contributed by atoms with Crippen LogP contribution in [0.2, 0.25) is 0 Å². The van der Waals surface area contributed by atoms with Crippen molar-refractivity contribution in [3.05, 3.63) is 35.4 Å². The minimum Gasteiger partial charge on any atom is -0.320 e. The highest BCUT2D eigenvalue weighted by Gasteiger charge is 2.16. The molecule has 1 aromatic rings. The summed E-state index contributed by atoms with van der Waals surface area (Å²) in [7, 11) is -3.50. The first-order valence-electron chi connectivity index (χ1n) is 6.42. The van der Waals surface area contributed by atoms with Crippen molar-refractivity contribution in [1.29, 1.82) is 0 Å². The molecule has 1 aromatic carbocycles. The zero-order valence-corrected chi connectivity index (χ0v) is 12.8. The van der Waals surface area contributed by atoms with Gasteiger partial charge in [0, 0.05) is 17.6 Å². The van der Waals surface area contributed by atoms with Gasteiger partial charge in [0.25, 0.3) is 10.2 Å². The van der Waals surface area contributed by atoms with Gasteiger partial charge in [0.15, 0.2) is 0 Å². The molecule has 0 saturated carbocycles. The van der Waals surface area contributed by atoms with Crippen LogP contribution < -0.4 is 15.2 Å². The van der Waals surface area contributed by atoms with Gasteiger partial charge in [0.1, 0.15) is 0 Å². The first kappa shape index (κ1) is 16.7. The zero-order chi connectivity index (χ0) is 15.2. The highest BCUT2D eigenvalue weighted by molar-refractivity contribution is 7.87. The molecule has 0 fully saturated rings. The Morgan fingerprint density at radius 3 is 2.25 bits per heavy atom. The van der Waals surface area contributed by atoms with Crippen LogP contribution in [0.1, 0.15) is 37.9 Å². The zero-order valence-electron chi connectivity index (χ0n) is 12.0. The van der Waals surface area contributed by atoms with E-state index in [4.69, 9.17) is 5.73 Å². The summed E-state index contributed by atoms with van der Waals surface area (Å²) in [5.74, 6) is 5.69. The minimum atomic E-state index is -3.50. The number of nitrogens with two attached hydrogens (primary N) is 1. The number of rotatable bonds is 5. The Bertz CT molecular complexity index is 583. The summed E-state index contributed by atoms with van der Waals surface area (Å²) in [5.41, 5.74) is 7.03. The molecule has 0 bridgehead atoms. The fourth-order valence-electron chi connectivity index (χ4n) is 1.65. The predicted molar refractivity (Wildman–Crippen MR) is 81.1 cm³/mol. The molecule has 1 unspecified atom stereocenters. The Balaban J connectivity index is 2.75. The maximum absolute atomic E-state index is 11.8. The van der Waals surface area contributed by atoms with Crippen molar-refractivity contribution in [3.63, 3.8) is 0 Å². The normalized spacial score (nSPS) is 12.8. The van der Waals surface area contributed by atoms with Gasteiger partial charge in [0.2, 0.25) is 0 Å². The fraction of sp³-hybridized carbons (Fsp3) is 0.429. The second-order valence-corrected chi connectivity index (χ2v) is 6.22. The third-order valence-corrected chi connectivity index (χ3v) is 3.91. The standard InChI is InChI=1S/C14H21N3O2S/c1-11(2)16-20(18,19)17-12(3)14-8-6-13(7-9-14)5-4-10-15/h6-9,11-12,16-17H,10,15H2,1-3H3. The average molecular weight is 295 g/mol. The van der Waals surface area contributed by atoms with Crippen LogP contribution in [0.3, 0.4) is 0 Å². The van der Waals surface area contributed by atoms with Gasteiger partial charge in [-0.3, -0.25) is 0 Å². The molecule has 0 aliphatic carbocycles. The van der Waals surface area contributed by atoms with Crippen molar-refractivity contribution in [2.75, 3.05) is 6.54 Å². The Hall–Kier alpha value is -1.39. The molecule has 0 heterocycles. The third kappa shape index (κ3) is 5.72. The SMILES string of the molecule is CC(C)NS(=O)(=O)NC(C)c1ccc(C#CCN)cc1. The summed E-state index contributed by atoms with van der Waals surface area (Å²) in [5, 5.41) is 0. The molecule has 1 rings (SSSR count). The molecule has 0 aromatic heterocycles. The molecular formula is C14H21N3O2S. The van der Waals surface area contributed by atoms with E-state index >= 15 is 0 Å². The lowest BCUT2D eigenvalue weighted by Crippen LogP contribution is -2.41. The molecule has 0 aliphatic rings. The summed E-state index contributed by atoms with van der Waals surface area (Å²) in [4.78, 5) is 0. The summed E-state index contributed by atoms with van der Waals surface area (Å²) in [6.45, 7) is 5.66. The summed E-state index contributed by atoms with van der Waals surface area (Å²) >= 11 is 0. The highest BCUT2D eigenvalue weighted by atomic mass is 32.2. The van der Waals surface area contributed by atoms with E-state index in [2.05, 4.69) is 21.3 Å².